The highest BCUT2D eigenvalue weighted by Gasteiger charge is 2.25. The summed E-state index contributed by atoms with van der Waals surface area (Å²) in [4.78, 5) is 19.4. The van der Waals surface area contributed by atoms with Crippen LogP contribution in [0.5, 0.6) is 0 Å². The van der Waals surface area contributed by atoms with Crippen molar-refractivity contribution in [1.29, 1.82) is 0 Å². The first kappa shape index (κ1) is 13.6. The highest BCUT2D eigenvalue weighted by molar-refractivity contribution is 6.30. The molecule has 1 aliphatic rings. The number of benzene rings is 2. The number of aromatic amines is 1. The number of nitrogens with one attached hydrogen (secondary N) is 1. The summed E-state index contributed by atoms with van der Waals surface area (Å²) in [6.07, 6.45) is 4.25. The first-order chi connectivity index (χ1) is 11.7. The summed E-state index contributed by atoms with van der Waals surface area (Å²) in [7, 11) is 0. The summed E-state index contributed by atoms with van der Waals surface area (Å²) in [5, 5.41) is 0.714. The second-order valence-electron chi connectivity index (χ2n) is 5.92. The minimum Gasteiger partial charge on any atom is -0.317 e. The highest BCUT2D eigenvalue weighted by atomic mass is 35.5. The second kappa shape index (κ2) is 4.82. The van der Waals surface area contributed by atoms with Crippen LogP contribution in [0.4, 0.5) is 0 Å². The van der Waals surface area contributed by atoms with E-state index in [1.165, 1.54) is 5.56 Å². The van der Waals surface area contributed by atoms with E-state index in [-0.39, 0.29) is 5.56 Å². The van der Waals surface area contributed by atoms with Gasteiger partial charge in [0.15, 0.2) is 0 Å². The van der Waals surface area contributed by atoms with Crippen LogP contribution in [0, 0.1) is 0 Å². The highest BCUT2D eigenvalue weighted by Crippen LogP contribution is 2.40. The van der Waals surface area contributed by atoms with E-state index >= 15 is 0 Å². The summed E-state index contributed by atoms with van der Waals surface area (Å²) in [6, 6.07) is 14.0. The average Bonchev–Trinajstić information content (AvgIpc) is 3.20. The Morgan fingerprint density at radius 2 is 1.96 bits per heavy atom. The Kier molecular flexibility index (Phi) is 2.73. The van der Waals surface area contributed by atoms with Crippen molar-refractivity contribution in [3.8, 4) is 22.4 Å². The van der Waals surface area contributed by atoms with Crippen LogP contribution in [0.1, 0.15) is 11.3 Å². The number of H-pyrrole nitrogens is 1. The zero-order valence-electron chi connectivity index (χ0n) is 12.6. The van der Waals surface area contributed by atoms with Crippen LogP contribution in [0.15, 0.2) is 59.7 Å². The smallest absolute Gasteiger partial charge is 0.292 e. The van der Waals surface area contributed by atoms with Crippen LogP contribution >= 0.6 is 11.6 Å². The first-order valence-corrected chi connectivity index (χ1v) is 8.06. The minimum atomic E-state index is -0.167. The molecule has 0 aliphatic heterocycles. The number of halogens is 1. The third-order valence-electron chi connectivity index (χ3n) is 4.59. The van der Waals surface area contributed by atoms with Gasteiger partial charge in [-0.3, -0.25) is 9.20 Å². The summed E-state index contributed by atoms with van der Waals surface area (Å²) in [5.41, 5.74) is 6.69. The van der Waals surface area contributed by atoms with Gasteiger partial charge in [-0.25, -0.2) is 4.98 Å². The second-order valence-corrected chi connectivity index (χ2v) is 6.35. The Labute approximate surface area is 142 Å². The van der Waals surface area contributed by atoms with Gasteiger partial charge in [0.25, 0.3) is 5.56 Å². The lowest BCUT2D eigenvalue weighted by molar-refractivity contribution is 1.00. The molecule has 1 aliphatic carbocycles. The number of nitrogens with zero attached hydrogens (tertiary/aromatic N) is 2. The number of hydrogen-bond acceptors (Lipinski definition) is 2. The molecule has 0 unspecified atom stereocenters. The normalized spacial score (nSPS) is 12.4. The Morgan fingerprint density at radius 3 is 2.83 bits per heavy atom. The van der Waals surface area contributed by atoms with Gasteiger partial charge < -0.3 is 4.98 Å². The molecule has 4 aromatic rings. The zero-order valence-corrected chi connectivity index (χ0v) is 13.3. The molecule has 2 heterocycles. The van der Waals surface area contributed by atoms with Gasteiger partial charge in [-0.1, -0.05) is 41.9 Å². The molecule has 0 bridgehead atoms. The molecule has 0 spiro atoms. The van der Waals surface area contributed by atoms with Crippen molar-refractivity contribution in [3.63, 3.8) is 0 Å². The average molecular weight is 334 g/mol. The Hall–Kier alpha value is -2.85. The minimum absolute atomic E-state index is 0.167. The van der Waals surface area contributed by atoms with E-state index in [1.807, 2.05) is 40.9 Å². The van der Waals surface area contributed by atoms with E-state index in [2.05, 4.69) is 22.1 Å². The van der Waals surface area contributed by atoms with Crippen LogP contribution in [-0.4, -0.2) is 14.4 Å². The van der Waals surface area contributed by atoms with Crippen molar-refractivity contribution in [2.24, 2.45) is 0 Å². The van der Waals surface area contributed by atoms with Crippen LogP contribution < -0.4 is 5.56 Å². The molecule has 5 heteroatoms. The third kappa shape index (κ3) is 1.80. The van der Waals surface area contributed by atoms with E-state index in [9.17, 15) is 4.79 Å². The number of imidazole rings is 1. The molecule has 24 heavy (non-hydrogen) atoms. The Morgan fingerprint density at radius 1 is 1.12 bits per heavy atom. The predicted molar refractivity (Wildman–Crippen MR) is 94.5 cm³/mol. The molecule has 0 fully saturated rings. The lowest BCUT2D eigenvalue weighted by atomic mass is 9.96. The molecule has 0 radical (unpaired) electrons. The van der Waals surface area contributed by atoms with Crippen molar-refractivity contribution < 1.29 is 0 Å². The molecule has 5 rings (SSSR count). The summed E-state index contributed by atoms with van der Waals surface area (Å²) < 4.78 is 1.88. The quantitative estimate of drug-likeness (QED) is 0.505. The van der Waals surface area contributed by atoms with Crippen molar-refractivity contribution >= 4 is 17.2 Å². The Bertz CT molecular complexity index is 1170. The maximum Gasteiger partial charge on any atom is 0.292 e. The van der Waals surface area contributed by atoms with Crippen molar-refractivity contribution in [1.82, 2.24) is 14.4 Å². The van der Waals surface area contributed by atoms with Gasteiger partial charge in [0, 0.05) is 29.4 Å². The van der Waals surface area contributed by atoms with Gasteiger partial charge in [-0.15, -0.1) is 0 Å². The van der Waals surface area contributed by atoms with E-state index in [1.54, 1.807) is 6.20 Å². The third-order valence-corrected chi connectivity index (χ3v) is 4.82. The van der Waals surface area contributed by atoms with E-state index < -0.39 is 0 Å². The Balaban J connectivity index is 1.80. The fourth-order valence-electron chi connectivity index (χ4n) is 3.55. The molecule has 0 saturated carbocycles. The molecule has 116 valence electrons. The lowest BCUT2D eigenvalue weighted by Gasteiger charge is -2.08. The van der Waals surface area contributed by atoms with E-state index in [0.29, 0.717) is 10.7 Å². The molecule has 2 aromatic carbocycles. The maximum absolute atomic E-state index is 12.3. The molecular formula is C19H12ClN3O. The number of aromatic nitrogens is 3. The largest absolute Gasteiger partial charge is 0.317 e. The zero-order chi connectivity index (χ0) is 16.3. The van der Waals surface area contributed by atoms with E-state index in [4.69, 9.17) is 11.6 Å². The SMILES string of the molecule is O=c1[nH]c2c(n3ccnc13)Cc1c(-c3cccc(Cl)c3)cccc1-2. The van der Waals surface area contributed by atoms with Crippen molar-refractivity contribution in [2.45, 2.75) is 6.42 Å². The van der Waals surface area contributed by atoms with Crippen LogP contribution in [-0.2, 0) is 6.42 Å². The van der Waals surface area contributed by atoms with E-state index in [0.717, 1.165) is 34.5 Å². The molecular weight excluding hydrogens is 322 g/mol. The first-order valence-electron chi connectivity index (χ1n) is 7.69. The molecule has 0 saturated heterocycles. The number of fused-ring (bicyclic) bond motifs is 5. The monoisotopic (exact) mass is 333 g/mol. The number of hydrogen-bond donors (Lipinski definition) is 1. The van der Waals surface area contributed by atoms with Gasteiger partial charge in [0.2, 0.25) is 5.65 Å². The predicted octanol–water partition coefficient (Wildman–Crippen LogP) is 3.91. The number of rotatable bonds is 1. The molecule has 1 N–H and O–H groups in total. The van der Waals surface area contributed by atoms with Crippen LogP contribution in [0.25, 0.3) is 28.0 Å². The topological polar surface area (TPSA) is 50.2 Å². The molecule has 2 aromatic heterocycles. The van der Waals surface area contributed by atoms with Gasteiger partial charge in [0.05, 0.1) is 11.4 Å². The fraction of sp³-hybridized carbons (Fsp3) is 0.0526. The van der Waals surface area contributed by atoms with Gasteiger partial charge >= 0.3 is 0 Å². The van der Waals surface area contributed by atoms with Gasteiger partial charge in [-0.05, 0) is 28.8 Å². The van der Waals surface area contributed by atoms with Crippen LogP contribution in [0.3, 0.4) is 0 Å². The standard InChI is InChI=1S/C19H12ClN3O/c20-12-4-1-3-11(9-12)13-5-2-6-14-15(13)10-16-17(14)22-19(24)18-21-7-8-23(16)18/h1-9H,10H2,(H,22,24). The summed E-state index contributed by atoms with van der Waals surface area (Å²) >= 11 is 6.16. The molecule has 0 atom stereocenters. The molecule has 0 amide bonds. The maximum atomic E-state index is 12.3. The lowest BCUT2D eigenvalue weighted by Crippen LogP contribution is -2.13. The van der Waals surface area contributed by atoms with Crippen LogP contribution in [0.2, 0.25) is 5.02 Å². The summed E-state index contributed by atoms with van der Waals surface area (Å²) in [6.45, 7) is 0. The van der Waals surface area contributed by atoms with Gasteiger partial charge in [0.1, 0.15) is 0 Å². The van der Waals surface area contributed by atoms with Crippen molar-refractivity contribution in [2.75, 3.05) is 0 Å². The van der Waals surface area contributed by atoms with Crippen molar-refractivity contribution in [3.05, 3.63) is 81.5 Å². The molecule has 4 nitrogen and oxygen atoms in total. The van der Waals surface area contributed by atoms with Gasteiger partial charge in [-0.2, -0.15) is 0 Å². The fourth-order valence-corrected chi connectivity index (χ4v) is 3.74. The summed E-state index contributed by atoms with van der Waals surface area (Å²) in [5.74, 6) is 0.